The molecule has 1 aliphatic heterocycles. The summed E-state index contributed by atoms with van der Waals surface area (Å²) in [5.41, 5.74) is 1.21. The topological polar surface area (TPSA) is 106 Å². The zero-order valence-corrected chi connectivity index (χ0v) is 16.9. The maximum absolute atomic E-state index is 12.6. The van der Waals surface area contributed by atoms with Crippen LogP contribution in [0.25, 0.3) is 0 Å². The summed E-state index contributed by atoms with van der Waals surface area (Å²) in [5.74, 6) is 0.804. The molecule has 1 atom stereocenters. The van der Waals surface area contributed by atoms with Crippen LogP contribution in [0.3, 0.4) is 0 Å². The molecule has 1 fully saturated rings. The van der Waals surface area contributed by atoms with Crippen LogP contribution in [0.5, 0.6) is 17.2 Å². The molecule has 0 aliphatic carbocycles. The molecule has 4 amide bonds. The SMILES string of the molecule is COc1ccc(CN2C(=O)N[C@@H](CC(=O)Nc3ccc(OC)cc3OC)C2=O)cc1. The van der Waals surface area contributed by atoms with Crippen molar-refractivity contribution in [1.29, 1.82) is 0 Å². The molecule has 1 heterocycles. The maximum atomic E-state index is 12.6. The maximum Gasteiger partial charge on any atom is 0.325 e. The van der Waals surface area contributed by atoms with Crippen molar-refractivity contribution in [1.82, 2.24) is 10.2 Å². The lowest BCUT2D eigenvalue weighted by Crippen LogP contribution is -2.34. The third-order valence-electron chi connectivity index (χ3n) is 4.68. The van der Waals surface area contributed by atoms with E-state index in [-0.39, 0.29) is 13.0 Å². The van der Waals surface area contributed by atoms with Crippen LogP contribution in [0.15, 0.2) is 42.5 Å². The number of carbonyl (C=O) groups excluding carboxylic acids is 3. The molecular weight excluding hydrogens is 390 g/mol. The fraction of sp³-hybridized carbons (Fsp3) is 0.286. The zero-order valence-electron chi connectivity index (χ0n) is 16.9. The standard InChI is InChI=1S/C21H23N3O6/c1-28-14-6-4-13(5-7-14)12-24-20(26)17(23-21(24)27)11-19(25)22-16-9-8-15(29-2)10-18(16)30-3/h4-10,17H,11-12H2,1-3H3,(H,22,25)(H,23,27)/t17-/m0/s1. The molecular formula is C21H23N3O6. The quantitative estimate of drug-likeness (QED) is 0.643. The minimum atomic E-state index is -0.931. The first-order valence-electron chi connectivity index (χ1n) is 9.22. The van der Waals surface area contributed by atoms with E-state index < -0.39 is 23.9 Å². The Morgan fingerprint density at radius 2 is 1.67 bits per heavy atom. The van der Waals surface area contributed by atoms with E-state index in [2.05, 4.69) is 10.6 Å². The summed E-state index contributed by atoms with van der Waals surface area (Å²) in [7, 11) is 4.56. The van der Waals surface area contributed by atoms with Gasteiger partial charge in [0.2, 0.25) is 5.91 Å². The Kier molecular flexibility index (Phi) is 6.41. The summed E-state index contributed by atoms with van der Waals surface area (Å²) < 4.78 is 15.5. The van der Waals surface area contributed by atoms with Crippen molar-refractivity contribution in [2.75, 3.05) is 26.6 Å². The predicted molar refractivity (Wildman–Crippen MR) is 109 cm³/mol. The van der Waals surface area contributed by atoms with Gasteiger partial charge in [-0.15, -0.1) is 0 Å². The van der Waals surface area contributed by atoms with Crippen LogP contribution in [0.4, 0.5) is 10.5 Å². The second-order valence-electron chi connectivity index (χ2n) is 6.59. The van der Waals surface area contributed by atoms with Gasteiger partial charge >= 0.3 is 6.03 Å². The highest BCUT2D eigenvalue weighted by molar-refractivity contribution is 6.07. The van der Waals surface area contributed by atoms with Crippen LogP contribution in [0.1, 0.15) is 12.0 Å². The summed E-state index contributed by atoms with van der Waals surface area (Å²) in [4.78, 5) is 38.4. The first-order valence-corrected chi connectivity index (χ1v) is 9.22. The molecule has 1 aliphatic rings. The highest BCUT2D eigenvalue weighted by Gasteiger charge is 2.39. The lowest BCUT2D eigenvalue weighted by molar-refractivity contribution is -0.130. The molecule has 2 aromatic rings. The van der Waals surface area contributed by atoms with Crippen molar-refractivity contribution < 1.29 is 28.6 Å². The highest BCUT2D eigenvalue weighted by atomic mass is 16.5. The Morgan fingerprint density at radius 3 is 2.30 bits per heavy atom. The first-order chi connectivity index (χ1) is 14.4. The summed E-state index contributed by atoms with van der Waals surface area (Å²) in [6, 6.07) is 10.5. The Balaban J connectivity index is 1.62. The second-order valence-corrected chi connectivity index (χ2v) is 6.59. The highest BCUT2D eigenvalue weighted by Crippen LogP contribution is 2.29. The van der Waals surface area contributed by atoms with Gasteiger partial charge in [-0.2, -0.15) is 0 Å². The third-order valence-corrected chi connectivity index (χ3v) is 4.68. The van der Waals surface area contributed by atoms with E-state index in [0.717, 1.165) is 10.5 Å². The smallest absolute Gasteiger partial charge is 0.325 e. The number of hydrogen-bond donors (Lipinski definition) is 2. The van der Waals surface area contributed by atoms with Gasteiger partial charge in [0.25, 0.3) is 5.91 Å². The number of anilines is 1. The number of benzene rings is 2. The number of methoxy groups -OCH3 is 3. The van der Waals surface area contributed by atoms with Gasteiger partial charge in [-0.3, -0.25) is 14.5 Å². The van der Waals surface area contributed by atoms with E-state index >= 15 is 0 Å². The normalized spacial score (nSPS) is 15.6. The lowest BCUT2D eigenvalue weighted by atomic mass is 10.1. The predicted octanol–water partition coefficient (Wildman–Crippen LogP) is 2.16. The van der Waals surface area contributed by atoms with Crippen molar-refractivity contribution in [3.63, 3.8) is 0 Å². The van der Waals surface area contributed by atoms with Gasteiger partial charge < -0.3 is 24.8 Å². The number of urea groups is 1. The monoisotopic (exact) mass is 413 g/mol. The molecule has 0 radical (unpaired) electrons. The van der Waals surface area contributed by atoms with Gasteiger partial charge in [0.1, 0.15) is 23.3 Å². The minimum Gasteiger partial charge on any atom is -0.497 e. The van der Waals surface area contributed by atoms with Crippen LogP contribution < -0.4 is 24.8 Å². The Labute approximate surface area is 173 Å². The number of hydrogen-bond acceptors (Lipinski definition) is 6. The van der Waals surface area contributed by atoms with Crippen molar-refractivity contribution in [3.05, 3.63) is 48.0 Å². The number of imide groups is 1. The lowest BCUT2D eigenvalue weighted by Gasteiger charge is -2.14. The largest absolute Gasteiger partial charge is 0.497 e. The van der Waals surface area contributed by atoms with Gasteiger partial charge in [-0.1, -0.05) is 12.1 Å². The number of nitrogens with one attached hydrogen (secondary N) is 2. The van der Waals surface area contributed by atoms with Gasteiger partial charge in [0, 0.05) is 6.07 Å². The van der Waals surface area contributed by atoms with Gasteiger partial charge in [0.15, 0.2) is 0 Å². The summed E-state index contributed by atoms with van der Waals surface area (Å²) in [5, 5.41) is 5.26. The van der Waals surface area contributed by atoms with Crippen LogP contribution in [0, 0.1) is 0 Å². The van der Waals surface area contributed by atoms with Gasteiger partial charge in [0.05, 0.1) is 40.0 Å². The zero-order chi connectivity index (χ0) is 21.7. The van der Waals surface area contributed by atoms with Crippen LogP contribution >= 0.6 is 0 Å². The minimum absolute atomic E-state index is 0.110. The second kappa shape index (κ2) is 9.17. The Morgan fingerprint density at radius 1 is 1.00 bits per heavy atom. The number of ether oxygens (including phenoxy) is 3. The van der Waals surface area contributed by atoms with Crippen LogP contribution in [0.2, 0.25) is 0 Å². The molecule has 30 heavy (non-hydrogen) atoms. The van der Waals surface area contributed by atoms with E-state index in [0.29, 0.717) is 22.9 Å². The van der Waals surface area contributed by atoms with E-state index in [1.807, 2.05) is 0 Å². The molecule has 0 bridgehead atoms. The summed E-state index contributed by atoms with van der Waals surface area (Å²) in [6.45, 7) is 0.110. The van der Waals surface area contributed by atoms with Gasteiger partial charge in [-0.25, -0.2) is 4.79 Å². The summed E-state index contributed by atoms with van der Waals surface area (Å²) >= 11 is 0. The summed E-state index contributed by atoms with van der Waals surface area (Å²) in [6.07, 6.45) is -0.196. The fourth-order valence-electron chi connectivity index (χ4n) is 3.07. The third kappa shape index (κ3) is 4.62. The number of rotatable bonds is 8. The van der Waals surface area contributed by atoms with Crippen molar-refractivity contribution in [2.45, 2.75) is 19.0 Å². The van der Waals surface area contributed by atoms with Crippen molar-refractivity contribution >= 4 is 23.5 Å². The van der Waals surface area contributed by atoms with E-state index in [1.165, 1.54) is 14.2 Å². The van der Waals surface area contributed by atoms with E-state index in [9.17, 15) is 14.4 Å². The molecule has 0 spiro atoms. The fourth-order valence-corrected chi connectivity index (χ4v) is 3.07. The molecule has 9 heteroatoms. The molecule has 2 N–H and O–H groups in total. The average molecular weight is 413 g/mol. The number of amides is 4. The molecule has 3 rings (SSSR count). The molecule has 158 valence electrons. The molecule has 0 unspecified atom stereocenters. The molecule has 9 nitrogen and oxygen atoms in total. The molecule has 2 aromatic carbocycles. The van der Waals surface area contributed by atoms with E-state index in [4.69, 9.17) is 14.2 Å². The first kappa shape index (κ1) is 21.0. The van der Waals surface area contributed by atoms with Crippen LogP contribution in [-0.2, 0) is 16.1 Å². The van der Waals surface area contributed by atoms with Gasteiger partial charge in [-0.05, 0) is 29.8 Å². The van der Waals surface area contributed by atoms with Crippen molar-refractivity contribution in [3.8, 4) is 17.2 Å². The number of carbonyl (C=O) groups is 3. The Hall–Kier alpha value is -3.75. The molecule has 1 saturated heterocycles. The number of nitrogens with zero attached hydrogens (tertiary/aromatic N) is 1. The van der Waals surface area contributed by atoms with Crippen LogP contribution in [-0.4, -0.2) is 50.1 Å². The molecule has 0 saturated carbocycles. The van der Waals surface area contributed by atoms with E-state index in [1.54, 1.807) is 49.6 Å². The molecule has 0 aromatic heterocycles. The Bertz CT molecular complexity index is 944. The average Bonchev–Trinajstić information content (AvgIpc) is 3.01. The van der Waals surface area contributed by atoms with Crippen molar-refractivity contribution in [2.24, 2.45) is 0 Å².